The Labute approximate surface area is 113 Å². The van der Waals surface area contributed by atoms with Crippen LogP contribution in [0.15, 0.2) is 27.6 Å². The van der Waals surface area contributed by atoms with Crippen LogP contribution in [0.25, 0.3) is 0 Å². The predicted molar refractivity (Wildman–Crippen MR) is 68.2 cm³/mol. The summed E-state index contributed by atoms with van der Waals surface area (Å²) >= 11 is 6.40. The van der Waals surface area contributed by atoms with Crippen LogP contribution in [0.3, 0.4) is 0 Å². The summed E-state index contributed by atoms with van der Waals surface area (Å²) in [7, 11) is 0. The molecule has 0 aliphatic heterocycles. The van der Waals surface area contributed by atoms with Crippen LogP contribution in [-0.4, -0.2) is 10.8 Å². The highest BCUT2D eigenvalue weighted by Crippen LogP contribution is 2.39. The van der Waals surface area contributed by atoms with Gasteiger partial charge in [0.2, 0.25) is 0 Å². The third kappa shape index (κ3) is 5.10. The first kappa shape index (κ1) is 14.4. The minimum atomic E-state index is -4.23. The monoisotopic (exact) mass is 376 g/mol. The molecule has 0 bridgehead atoms. The summed E-state index contributed by atoms with van der Waals surface area (Å²) in [6.45, 7) is 0. The maximum Gasteiger partial charge on any atom is 0.446 e. The summed E-state index contributed by atoms with van der Waals surface area (Å²) in [5.41, 5.74) is -3.49. The number of hydrogen-bond donors (Lipinski definition) is 0. The lowest BCUT2D eigenvalue weighted by atomic mass is 10.1. The van der Waals surface area contributed by atoms with Gasteiger partial charge in [0.05, 0.1) is 0 Å². The molecule has 0 atom stereocenters. The molecule has 16 heavy (non-hydrogen) atoms. The van der Waals surface area contributed by atoms with Crippen LogP contribution in [0.1, 0.15) is 12.0 Å². The highest BCUT2D eigenvalue weighted by Gasteiger charge is 2.30. The van der Waals surface area contributed by atoms with E-state index in [1.807, 2.05) is 0 Å². The summed E-state index contributed by atoms with van der Waals surface area (Å²) < 4.78 is 37.6. The fourth-order valence-electron chi connectivity index (χ4n) is 1.21. The summed E-state index contributed by atoms with van der Waals surface area (Å²) in [4.78, 5) is 0.280. The Kier molecular flexibility index (Phi) is 5.67. The Hall–Kier alpha value is 0.320. The topological polar surface area (TPSA) is 0 Å². The van der Waals surface area contributed by atoms with Crippen molar-refractivity contribution in [2.75, 3.05) is 5.33 Å². The second-order valence-corrected chi connectivity index (χ2v) is 5.91. The van der Waals surface area contributed by atoms with Gasteiger partial charge in [0.1, 0.15) is 0 Å². The van der Waals surface area contributed by atoms with Crippen LogP contribution >= 0.6 is 43.6 Å². The largest absolute Gasteiger partial charge is 0.446 e. The average Bonchev–Trinajstić information content (AvgIpc) is 2.14. The van der Waals surface area contributed by atoms with Crippen LogP contribution in [0, 0.1) is 0 Å². The predicted octanol–water partition coefficient (Wildman–Crippen LogP) is 5.39. The summed E-state index contributed by atoms with van der Waals surface area (Å²) in [5.74, 6) is 0. The van der Waals surface area contributed by atoms with Crippen molar-refractivity contribution in [2.24, 2.45) is 0 Å². The molecule has 0 unspecified atom stereocenters. The lowest BCUT2D eigenvalue weighted by Gasteiger charge is -2.11. The molecule has 0 radical (unpaired) electrons. The van der Waals surface area contributed by atoms with Gasteiger partial charge in [-0.15, -0.1) is 0 Å². The van der Waals surface area contributed by atoms with Crippen molar-refractivity contribution in [2.45, 2.75) is 23.2 Å². The van der Waals surface area contributed by atoms with Gasteiger partial charge in [0.15, 0.2) is 0 Å². The van der Waals surface area contributed by atoms with E-state index >= 15 is 0 Å². The molecule has 0 aliphatic rings. The highest BCUT2D eigenvalue weighted by molar-refractivity contribution is 9.10. The first-order valence-corrected chi connectivity index (χ1v) is 7.25. The molecule has 6 heteroatoms. The number of hydrogen-bond acceptors (Lipinski definition) is 1. The third-order valence-corrected chi connectivity index (χ3v) is 3.72. The van der Waals surface area contributed by atoms with Gasteiger partial charge in [-0.2, -0.15) is 13.2 Å². The zero-order valence-electron chi connectivity index (χ0n) is 8.15. The Balaban J connectivity index is 2.89. The SMILES string of the molecule is FC(F)(F)Sc1cc(Br)ccc1CCCBr. The average molecular weight is 378 g/mol. The normalized spacial score (nSPS) is 11.8. The zero-order valence-corrected chi connectivity index (χ0v) is 12.1. The number of alkyl halides is 4. The molecule has 0 fully saturated rings. The second kappa shape index (κ2) is 6.31. The van der Waals surface area contributed by atoms with Crippen molar-refractivity contribution in [1.82, 2.24) is 0 Å². The maximum absolute atomic E-state index is 12.3. The quantitative estimate of drug-likeness (QED) is 0.500. The van der Waals surface area contributed by atoms with Crippen LogP contribution in [0.4, 0.5) is 13.2 Å². The van der Waals surface area contributed by atoms with E-state index in [0.717, 1.165) is 17.3 Å². The van der Waals surface area contributed by atoms with E-state index in [4.69, 9.17) is 0 Å². The maximum atomic E-state index is 12.3. The minimum absolute atomic E-state index is 0.0533. The Bertz CT molecular complexity index is 352. The summed E-state index contributed by atoms with van der Waals surface area (Å²) in [6.07, 6.45) is 1.48. The Morgan fingerprint density at radius 1 is 1.25 bits per heavy atom. The summed E-state index contributed by atoms with van der Waals surface area (Å²) in [6, 6.07) is 5.02. The van der Waals surface area contributed by atoms with Crippen molar-refractivity contribution in [3.05, 3.63) is 28.2 Å². The van der Waals surface area contributed by atoms with Crippen molar-refractivity contribution >= 4 is 43.6 Å². The highest BCUT2D eigenvalue weighted by atomic mass is 79.9. The van der Waals surface area contributed by atoms with Crippen molar-refractivity contribution < 1.29 is 13.2 Å². The second-order valence-electron chi connectivity index (χ2n) is 3.09. The van der Waals surface area contributed by atoms with Crippen molar-refractivity contribution in [3.8, 4) is 0 Å². The fraction of sp³-hybridized carbons (Fsp3) is 0.400. The van der Waals surface area contributed by atoms with Gasteiger partial charge in [0, 0.05) is 14.7 Å². The van der Waals surface area contributed by atoms with E-state index in [2.05, 4.69) is 31.9 Å². The van der Waals surface area contributed by atoms with Gasteiger partial charge in [-0.25, -0.2) is 0 Å². The van der Waals surface area contributed by atoms with Gasteiger partial charge in [-0.3, -0.25) is 0 Å². The Morgan fingerprint density at radius 3 is 2.50 bits per heavy atom. The van der Waals surface area contributed by atoms with E-state index in [-0.39, 0.29) is 16.7 Å². The van der Waals surface area contributed by atoms with E-state index in [1.54, 1.807) is 12.1 Å². The molecule has 0 N–H and O–H groups in total. The van der Waals surface area contributed by atoms with Crippen molar-refractivity contribution in [1.29, 1.82) is 0 Å². The van der Waals surface area contributed by atoms with E-state index in [9.17, 15) is 13.2 Å². The fourth-order valence-corrected chi connectivity index (χ4v) is 2.74. The molecule has 0 spiro atoms. The van der Waals surface area contributed by atoms with Crippen LogP contribution in [0.2, 0.25) is 0 Å². The molecular formula is C10H9Br2F3S. The van der Waals surface area contributed by atoms with Crippen LogP contribution in [-0.2, 0) is 6.42 Å². The van der Waals surface area contributed by atoms with E-state index in [0.29, 0.717) is 10.9 Å². The number of rotatable bonds is 4. The molecule has 0 nitrogen and oxygen atoms in total. The van der Waals surface area contributed by atoms with E-state index < -0.39 is 5.51 Å². The first-order chi connectivity index (χ1) is 7.42. The molecule has 0 saturated heterocycles. The van der Waals surface area contributed by atoms with Gasteiger partial charge in [0.25, 0.3) is 0 Å². The molecule has 1 aromatic carbocycles. The molecule has 1 rings (SSSR count). The number of benzene rings is 1. The van der Waals surface area contributed by atoms with Gasteiger partial charge >= 0.3 is 5.51 Å². The molecule has 0 heterocycles. The lowest BCUT2D eigenvalue weighted by molar-refractivity contribution is -0.0328. The zero-order chi connectivity index (χ0) is 12.2. The molecular weight excluding hydrogens is 369 g/mol. The van der Waals surface area contributed by atoms with Gasteiger partial charge in [-0.05, 0) is 42.3 Å². The van der Waals surface area contributed by atoms with Gasteiger partial charge < -0.3 is 0 Å². The number of thioether (sulfide) groups is 1. The smallest absolute Gasteiger partial charge is 0.160 e. The molecule has 0 aromatic heterocycles. The first-order valence-electron chi connectivity index (χ1n) is 4.52. The van der Waals surface area contributed by atoms with E-state index in [1.165, 1.54) is 6.07 Å². The standard InChI is InChI=1S/C10H9Br2F3S/c11-5-1-2-7-3-4-8(12)6-9(7)16-10(13,14)15/h3-4,6H,1-2,5H2. The lowest BCUT2D eigenvalue weighted by Crippen LogP contribution is -2.01. The molecule has 1 aromatic rings. The Morgan fingerprint density at radius 2 is 1.94 bits per heavy atom. The third-order valence-electron chi connectivity index (χ3n) is 1.83. The molecule has 0 aliphatic carbocycles. The van der Waals surface area contributed by atoms with Gasteiger partial charge in [-0.1, -0.05) is 37.9 Å². The summed E-state index contributed by atoms with van der Waals surface area (Å²) in [5, 5.41) is 0.791. The van der Waals surface area contributed by atoms with Crippen molar-refractivity contribution in [3.63, 3.8) is 0 Å². The minimum Gasteiger partial charge on any atom is -0.160 e. The van der Waals surface area contributed by atoms with Crippen LogP contribution < -0.4 is 0 Å². The number of halogens is 5. The van der Waals surface area contributed by atoms with Crippen LogP contribution in [0.5, 0.6) is 0 Å². The number of aryl methyl sites for hydroxylation is 1. The molecule has 0 saturated carbocycles. The molecule has 0 amide bonds. The molecule has 90 valence electrons.